The summed E-state index contributed by atoms with van der Waals surface area (Å²) in [5, 5.41) is 0. The molecule has 0 bridgehead atoms. The molecule has 0 aromatic carbocycles. The number of pyridine rings is 1. The highest BCUT2D eigenvalue weighted by Gasteiger charge is 2.27. The number of rotatable bonds is 2. The molecular weight excluding hydrogens is 250 g/mol. The molecule has 1 aromatic heterocycles. The molecule has 4 heteroatoms. The van der Waals surface area contributed by atoms with Crippen LogP contribution in [0.4, 0.5) is 0 Å². The van der Waals surface area contributed by atoms with Crippen LogP contribution in [0.15, 0.2) is 24.5 Å². The van der Waals surface area contributed by atoms with E-state index in [-0.39, 0.29) is 5.91 Å². The second kappa shape index (κ2) is 6.35. The van der Waals surface area contributed by atoms with Crippen molar-refractivity contribution in [1.82, 2.24) is 14.8 Å². The quantitative estimate of drug-likeness (QED) is 0.828. The van der Waals surface area contributed by atoms with Crippen LogP contribution in [0, 0.1) is 0 Å². The standard InChI is InChI=1S/C16H23N3O/c20-16(14-5-4-8-17-13-14)19-11-9-18(10-12-19)15-6-2-1-3-7-15/h4-5,8,13,15H,1-3,6-7,9-12H2. The molecule has 2 aliphatic rings. The Bertz CT molecular complexity index is 434. The van der Waals surface area contributed by atoms with Crippen LogP contribution < -0.4 is 0 Å². The zero-order valence-electron chi connectivity index (χ0n) is 12.0. The summed E-state index contributed by atoms with van der Waals surface area (Å²) in [6, 6.07) is 4.44. The molecule has 0 radical (unpaired) electrons. The van der Waals surface area contributed by atoms with E-state index in [9.17, 15) is 4.79 Å². The van der Waals surface area contributed by atoms with Crippen LogP contribution in [-0.2, 0) is 0 Å². The molecule has 1 saturated carbocycles. The van der Waals surface area contributed by atoms with Crippen LogP contribution in [0.3, 0.4) is 0 Å². The third-order valence-electron chi connectivity index (χ3n) is 4.60. The molecular formula is C16H23N3O. The Morgan fingerprint density at radius 3 is 2.50 bits per heavy atom. The number of hydrogen-bond donors (Lipinski definition) is 0. The first kappa shape index (κ1) is 13.6. The molecule has 2 fully saturated rings. The van der Waals surface area contributed by atoms with E-state index in [1.165, 1.54) is 32.1 Å². The number of piperazine rings is 1. The minimum absolute atomic E-state index is 0.126. The van der Waals surface area contributed by atoms with E-state index in [0.29, 0.717) is 5.56 Å². The predicted octanol–water partition coefficient (Wildman–Crippen LogP) is 2.17. The normalized spacial score (nSPS) is 21.9. The summed E-state index contributed by atoms with van der Waals surface area (Å²) in [5.74, 6) is 0.126. The SMILES string of the molecule is O=C(c1cccnc1)N1CCN(C2CCCCC2)CC1. The van der Waals surface area contributed by atoms with Gasteiger partial charge in [0, 0.05) is 44.6 Å². The molecule has 0 atom stereocenters. The minimum Gasteiger partial charge on any atom is -0.336 e. The molecule has 108 valence electrons. The highest BCUT2D eigenvalue weighted by atomic mass is 16.2. The summed E-state index contributed by atoms with van der Waals surface area (Å²) >= 11 is 0. The van der Waals surface area contributed by atoms with Gasteiger partial charge in [-0.1, -0.05) is 19.3 Å². The Labute approximate surface area is 120 Å². The second-order valence-corrected chi connectivity index (χ2v) is 5.86. The lowest BCUT2D eigenvalue weighted by atomic mass is 9.94. The maximum Gasteiger partial charge on any atom is 0.255 e. The zero-order valence-corrected chi connectivity index (χ0v) is 12.0. The van der Waals surface area contributed by atoms with E-state index in [1.54, 1.807) is 12.4 Å². The lowest BCUT2D eigenvalue weighted by Gasteiger charge is -2.40. The molecule has 0 N–H and O–H groups in total. The smallest absolute Gasteiger partial charge is 0.255 e. The average molecular weight is 273 g/mol. The molecule has 1 aliphatic carbocycles. The van der Waals surface area contributed by atoms with Crippen LogP contribution >= 0.6 is 0 Å². The van der Waals surface area contributed by atoms with Gasteiger partial charge in [-0.3, -0.25) is 14.7 Å². The van der Waals surface area contributed by atoms with Gasteiger partial charge in [0.05, 0.1) is 5.56 Å². The average Bonchev–Trinajstić information content (AvgIpc) is 2.56. The van der Waals surface area contributed by atoms with Gasteiger partial charge in [0.25, 0.3) is 5.91 Å². The van der Waals surface area contributed by atoms with Crippen LogP contribution in [-0.4, -0.2) is 52.9 Å². The van der Waals surface area contributed by atoms with Crippen molar-refractivity contribution in [1.29, 1.82) is 0 Å². The summed E-state index contributed by atoms with van der Waals surface area (Å²) in [6.45, 7) is 3.75. The van der Waals surface area contributed by atoms with E-state index in [1.807, 2.05) is 17.0 Å². The van der Waals surface area contributed by atoms with Gasteiger partial charge in [-0.15, -0.1) is 0 Å². The molecule has 20 heavy (non-hydrogen) atoms. The van der Waals surface area contributed by atoms with E-state index in [2.05, 4.69) is 9.88 Å². The summed E-state index contributed by atoms with van der Waals surface area (Å²) in [5.41, 5.74) is 0.707. The predicted molar refractivity (Wildman–Crippen MR) is 78.6 cm³/mol. The van der Waals surface area contributed by atoms with Crippen molar-refractivity contribution in [3.05, 3.63) is 30.1 Å². The first-order valence-corrected chi connectivity index (χ1v) is 7.78. The summed E-state index contributed by atoms with van der Waals surface area (Å²) in [7, 11) is 0. The fourth-order valence-corrected chi connectivity index (χ4v) is 3.41. The monoisotopic (exact) mass is 273 g/mol. The van der Waals surface area contributed by atoms with Gasteiger partial charge >= 0.3 is 0 Å². The second-order valence-electron chi connectivity index (χ2n) is 5.86. The van der Waals surface area contributed by atoms with Gasteiger partial charge < -0.3 is 4.90 Å². The molecule has 2 heterocycles. The summed E-state index contributed by atoms with van der Waals surface area (Å²) in [6.07, 6.45) is 10.2. The van der Waals surface area contributed by atoms with Crippen molar-refractivity contribution in [2.45, 2.75) is 38.1 Å². The molecule has 1 amide bonds. The fourth-order valence-electron chi connectivity index (χ4n) is 3.41. The first-order chi connectivity index (χ1) is 9.84. The first-order valence-electron chi connectivity index (χ1n) is 7.78. The molecule has 0 spiro atoms. The molecule has 3 rings (SSSR count). The van der Waals surface area contributed by atoms with Crippen molar-refractivity contribution in [2.75, 3.05) is 26.2 Å². The third-order valence-corrected chi connectivity index (χ3v) is 4.60. The van der Waals surface area contributed by atoms with Crippen molar-refractivity contribution < 1.29 is 4.79 Å². The van der Waals surface area contributed by atoms with Gasteiger partial charge in [-0.2, -0.15) is 0 Å². The zero-order chi connectivity index (χ0) is 13.8. The Morgan fingerprint density at radius 2 is 1.85 bits per heavy atom. The Hall–Kier alpha value is -1.42. The highest BCUT2D eigenvalue weighted by Crippen LogP contribution is 2.23. The Morgan fingerprint density at radius 1 is 1.10 bits per heavy atom. The van der Waals surface area contributed by atoms with E-state index >= 15 is 0 Å². The largest absolute Gasteiger partial charge is 0.336 e. The lowest BCUT2D eigenvalue weighted by Crippen LogP contribution is -2.52. The van der Waals surface area contributed by atoms with Crippen molar-refractivity contribution in [3.8, 4) is 0 Å². The molecule has 1 aromatic rings. The van der Waals surface area contributed by atoms with Gasteiger partial charge in [-0.25, -0.2) is 0 Å². The van der Waals surface area contributed by atoms with Gasteiger partial charge in [0.2, 0.25) is 0 Å². The van der Waals surface area contributed by atoms with Crippen molar-refractivity contribution in [2.24, 2.45) is 0 Å². The minimum atomic E-state index is 0.126. The number of hydrogen-bond acceptors (Lipinski definition) is 3. The summed E-state index contributed by atoms with van der Waals surface area (Å²) < 4.78 is 0. The molecule has 1 aliphatic heterocycles. The highest BCUT2D eigenvalue weighted by molar-refractivity contribution is 5.93. The van der Waals surface area contributed by atoms with Gasteiger partial charge in [0.15, 0.2) is 0 Å². The molecule has 4 nitrogen and oxygen atoms in total. The number of carbonyl (C=O) groups is 1. The van der Waals surface area contributed by atoms with Crippen LogP contribution in [0.5, 0.6) is 0 Å². The van der Waals surface area contributed by atoms with E-state index in [0.717, 1.165) is 32.2 Å². The number of amides is 1. The van der Waals surface area contributed by atoms with Gasteiger partial charge in [-0.05, 0) is 25.0 Å². The third kappa shape index (κ3) is 3.01. The molecule has 0 unspecified atom stereocenters. The lowest BCUT2D eigenvalue weighted by molar-refractivity contribution is 0.0523. The maximum atomic E-state index is 12.4. The van der Waals surface area contributed by atoms with Crippen LogP contribution in [0.2, 0.25) is 0 Å². The Balaban J connectivity index is 1.54. The number of carbonyl (C=O) groups excluding carboxylic acids is 1. The van der Waals surface area contributed by atoms with Crippen molar-refractivity contribution in [3.63, 3.8) is 0 Å². The van der Waals surface area contributed by atoms with E-state index in [4.69, 9.17) is 0 Å². The molecule has 1 saturated heterocycles. The van der Waals surface area contributed by atoms with Gasteiger partial charge in [0.1, 0.15) is 0 Å². The summed E-state index contributed by atoms with van der Waals surface area (Å²) in [4.78, 5) is 20.9. The maximum absolute atomic E-state index is 12.4. The Kier molecular flexibility index (Phi) is 4.31. The van der Waals surface area contributed by atoms with E-state index < -0.39 is 0 Å². The van der Waals surface area contributed by atoms with Crippen LogP contribution in [0.1, 0.15) is 42.5 Å². The number of aromatic nitrogens is 1. The van der Waals surface area contributed by atoms with Crippen molar-refractivity contribution >= 4 is 5.91 Å². The van der Waals surface area contributed by atoms with Crippen LogP contribution in [0.25, 0.3) is 0 Å². The fraction of sp³-hybridized carbons (Fsp3) is 0.625. The topological polar surface area (TPSA) is 36.4 Å². The number of nitrogens with zero attached hydrogens (tertiary/aromatic N) is 3.